The van der Waals surface area contributed by atoms with Crippen LogP contribution in [0.25, 0.3) is 10.2 Å². The standard InChI is InChI=1S/C26H38N4O4S2/c1-5-24(31)28-21(15-25-29-20-13-12-19(17(3)4)14-23(20)35-25)26(32)30-22(16-27-36(33,34)6-2)18-10-8-7-9-11-18/h6,12-14,17-18,21-22,27H,2,5,7-11,15-16H2,1,3-4H3,(H,28,31)(H,30,32)/t21-,22+/m0/s1. The predicted molar refractivity (Wildman–Crippen MR) is 145 cm³/mol. The van der Waals surface area contributed by atoms with Gasteiger partial charge >= 0.3 is 0 Å². The van der Waals surface area contributed by atoms with Crippen LogP contribution in [0.3, 0.4) is 0 Å². The van der Waals surface area contributed by atoms with E-state index in [4.69, 9.17) is 4.98 Å². The zero-order chi connectivity index (χ0) is 26.3. The van der Waals surface area contributed by atoms with Crippen LogP contribution in [0.5, 0.6) is 0 Å². The van der Waals surface area contributed by atoms with Gasteiger partial charge in [0.1, 0.15) is 6.04 Å². The number of hydrogen-bond acceptors (Lipinski definition) is 6. The van der Waals surface area contributed by atoms with E-state index in [9.17, 15) is 18.0 Å². The molecular weight excluding hydrogens is 496 g/mol. The van der Waals surface area contributed by atoms with Crippen molar-refractivity contribution >= 4 is 43.4 Å². The van der Waals surface area contributed by atoms with Gasteiger partial charge in [-0.3, -0.25) is 9.59 Å². The molecule has 0 saturated heterocycles. The summed E-state index contributed by atoms with van der Waals surface area (Å²) in [6.07, 6.45) is 5.60. The van der Waals surface area contributed by atoms with Gasteiger partial charge in [-0.1, -0.05) is 52.7 Å². The number of amides is 2. The molecule has 1 aliphatic rings. The van der Waals surface area contributed by atoms with E-state index in [1.807, 2.05) is 6.07 Å². The molecule has 3 N–H and O–H groups in total. The molecule has 0 unspecified atom stereocenters. The lowest BCUT2D eigenvalue weighted by molar-refractivity contribution is -0.129. The summed E-state index contributed by atoms with van der Waals surface area (Å²) in [6, 6.07) is 5.02. The molecule has 1 aliphatic carbocycles. The normalized spacial score (nSPS) is 16.6. The van der Waals surface area contributed by atoms with Crippen molar-refractivity contribution in [2.45, 2.75) is 83.7 Å². The van der Waals surface area contributed by atoms with E-state index in [-0.39, 0.29) is 43.2 Å². The highest BCUT2D eigenvalue weighted by Crippen LogP contribution is 2.28. The third kappa shape index (κ3) is 7.85. The summed E-state index contributed by atoms with van der Waals surface area (Å²) < 4.78 is 27.5. The zero-order valence-corrected chi connectivity index (χ0v) is 23.0. The second-order valence-electron chi connectivity index (χ2n) is 9.74. The van der Waals surface area contributed by atoms with Crippen LogP contribution in [0.15, 0.2) is 30.2 Å². The topological polar surface area (TPSA) is 117 Å². The van der Waals surface area contributed by atoms with Crippen LogP contribution < -0.4 is 15.4 Å². The molecule has 36 heavy (non-hydrogen) atoms. The summed E-state index contributed by atoms with van der Waals surface area (Å²) in [7, 11) is -3.62. The molecule has 3 rings (SSSR count). The molecule has 1 heterocycles. The number of rotatable bonds is 12. The SMILES string of the molecule is C=CS(=O)(=O)NC[C@@H](NC(=O)[C@H](Cc1nc2ccc(C(C)C)cc2s1)NC(=O)CC)C1CCCCC1. The van der Waals surface area contributed by atoms with E-state index in [2.05, 4.69) is 47.9 Å². The number of carbonyl (C=O) groups excluding carboxylic acids is 2. The minimum Gasteiger partial charge on any atom is -0.350 e. The average Bonchev–Trinajstić information content (AvgIpc) is 3.28. The van der Waals surface area contributed by atoms with Gasteiger partial charge in [-0.2, -0.15) is 0 Å². The minimum atomic E-state index is -3.62. The molecule has 1 aromatic carbocycles. The van der Waals surface area contributed by atoms with Gasteiger partial charge in [-0.05, 0) is 42.4 Å². The van der Waals surface area contributed by atoms with Crippen molar-refractivity contribution in [2.24, 2.45) is 5.92 Å². The highest BCUT2D eigenvalue weighted by molar-refractivity contribution is 7.92. The van der Waals surface area contributed by atoms with Crippen LogP contribution >= 0.6 is 11.3 Å². The lowest BCUT2D eigenvalue weighted by Crippen LogP contribution is -2.55. The van der Waals surface area contributed by atoms with Crippen molar-refractivity contribution in [3.8, 4) is 0 Å². The van der Waals surface area contributed by atoms with Gasteiger partial charge in [0.25, 0.3) is 0 Å². The van der Waals surface area contributed by atoms with Crippen molar-refractivity contribution < 1.29 is 18.0 Å². The zero-order valence-electron chi connectivity index (χ0n) is 21.4. The monoisotopic (exact) mass is 534 g/mol. The Morgan fingerprint density at radius 1 is 1.19 bits per heavy atom. The summed E-state index contributed by atoms with van der Waals surface area (Å²) in [5.41, 5.74) is 2.10. The number of thiazole rings is 1. The first-order valence-electron chi connectivity index (χ1n) is 12.7. The maximum Gasteiger partial charge on any atom is 0.243 e. The molecule has 2 aromatic rings. The number of fused-ring (bicyclic) bond motifs is 1. The second-order valence-corrected chi connectivity index (χ2v) is 12.6. The maximum atomic E-state index is 13.5. The Balaban J connectivity index is 1.80. The quantitative estimate of drug-likeness (QED) is 0.381. The Hall–Kier alpha value is -2.30. The van der Waals surface area contributed by atoms with E-state index in [1.165, 1.54) is 16.9 Å². The average molecular weight is 535 g/mol. The van der Waals surface area contributed by atoms with Gasteiger partial charge in [0.05, 0.1) is 15.2 Å². The summed E-state index contributed by atoms with van der Waals surface area (Å²) in [5.74, 6) is 0.0134. The van der Waals surface area contributed by atoms with Crippen molar-refractivity contribution in [1.29, 1.82) is 0 Å². The Morgan fingerprint density at radius 3 is 2.56 bits per heavy atom. The van der Waals surface area contributed by atoms with Crippen LogP contribution in [-0.4, -0.2) is 43.8 Å². The first kappa shape index (κ1) is 28.3. The molecule has 2 amide bonds. The first-order valence-corrected chi connectivity index (χ1v) is 15.1. The lowest BCUT2D eigenvalue weighted by atomic mass is 9.83. The molecule has 1 aromatic heterocycles. The third-order valence-electron chi connectivity index (χ3n) is 6.75. The van der Waals surface area contributed by atoms with Crippen molar-refractivity contribution in [3.63, 3.8) is 0 Å². The van der Waals surface area contributed by atoms with Gasteiger partial charge in [-0.15, -0.1) is 11.3 Å². The second kappa shape index (κ2) is 12.8. The fraction of sp³-hybridized carbons (Fsp3) is 0.577. The molecule has 0 aliphatic heterocycles. The minimum absolute atomic E-state index is 0.0817. The summed E-state index contributed by atoms with van der Waals surface area (Å²) in [5, 5.41) is 7.53. The Bertz CT molecular complexity index is 1170. The number of benzene rings is 1. The third-order valence-corrected chi connectivity index (χ3v) is 8.79. The van der Waals surface area contributed by atoms with Gasteiger partial charge in [0, 0.05) is 30.8 Å². The van der Waals surface area contributed by atoms with Gasteiger partial charge in [-0.25, -0.2) is 18.1 Å². The Labute approximate surface area is 218 Å². The number of sulfonamides is 1. The predicted octanol–water partition coefficient (Wildman–Crippen LogP) is 3.99. The molecule has 1 fully saturated rings. The number of aromatic nitrogens is 1. The van der Waals surface area contributed by atoms with Crippen molar-refractivity contribution in [2.75, 3.05) is 6.54 Å². The van der Waals surface area contributed by atoms with Gasteiger partial charge < -0.3 is 10.6 Å². The fourth-order valence-electron chi connectivity index (χ4n) is 4.54. The maximum absolute atomic E-state index is 13.5. The number of carbonyl (C=O) groups is 2. The van der Waals surface area contributed by atoms with Crippen molar-refractivity contribution in [3.05, 3.63) is 40.8 Å². The molecule has 0 bridgehead atoms. The smallest absolute Gasteiger partial charge is 0.243 e. The Morgan fingerprint density at radius 2 is 1.92 bits per heavy atom. The molecule has 0 spiro atoms. The van der Waals surface area contributed by atoms with Crippen molar-refractivity contribution in [1.82, 2.24) is 20.3 Å². The molecule has 198 valence electrons. The molecular formula is C26H38N4O4S2. The van der Waals surface area contributed by atoms with E-state index in [1.54, 1.807) is 6.92 Å². The molecule has 8 nitrogen and oxygen atoms in total. The number of hydrogen-bond donors (Lipinski definition) is 3. The van der Waals surface area contributed by atoms with E-state index in [0.29, 0.717) is 5.92 Å². The molecule has 10 heteroatoms. The molecule has 0 radical (unpaired) electrons. The van der Waals surface area contributed by atoms with Gasteiger partial charge in [0.2, 0.25) is 21.8 Å². The summed E-state index contributed by atoms with van der Waals surface area (Å²) >= 11 is 1.53. The molecule has 2 atom stereocenters. The summed E-state index contributed by atoms with van der Waals surface area (Å²) in [6.45, 7) is 9.45. The van der Waals surface area contributed by atoms with E-state index < -0.39 is 16.1 Å². The number of nitrogens with one attached hydrogen (secondary N) is 3. The number of nitrogens with zero attached hydrogens (tertiary/aromatic N) is 1. The Kier molecular flexibility index (Phi) is 10.0. The van der Waals surface area contributed by atoms with Crippen LogP contribution in [0.2, 0.25) is 0 Å². The largest absolute Gasteiger partial charge is 0.350 e. The van der Waals surface area contributed by atoms with Gasteiger partial charge in [0.15, 0.2) is 0 Å². The fourth-order valence-corrected chi connectivity index (χ4v) is 6.13. The van der Waals surface area contributed by atoms with Crippen LogP contribution in [-0.2, 0) is 26.0 Å². The highest BCUT2D eigenvalue weighted by Gasteiger charge is 2.30. The summed E-state index contributed by atoms with van der Waals surface area (Å²) in [4.78, 5) is 30.4. The first-order chi connectivity index (χ1) is 17.1. The molecule has 1 saturated carbocycles. The highest BCUT2D eigenvalue weighted by atomic mass is 32.2. The van der Waals surface area contributed by atoms with E-state index >= 15 is 0 Å². The van der Waals surface area contributed by atoms with Crippen LogP contribution in [0.1, 0.15) is 75.8 Å². The van der Waals surface area contributed by atoms with Crippen LogP contribution in [0, 0.1) is 5.92 Å². The van der Waals surface area contributed by atoms with E-state index in [0.717, 1.165) is 52.7 Å². The lowest BCUT2D eigenvalue weighted by Gasteiger charge is -2.32. The van der Waals surface area contributed by atoms with Crippen LogP contribution in [0.4, 0.5) is 0 Å².